The van der Waals surface area contributed by atoms with Crippen LogP contribution in [0.5, 0.6) is 5.75 Å². The van der Waals surface area contributed by atoms with E-state index in [9.17, 15) is 4.79 Å². The first-order chi connectivity index (χ1) is 12.8. The van der Waals surface area contributed by atoms with Crippen LogP contribution in [0.2, 0.25) is 0 Å². The normalized spacial score (nSPS) is 18.3. The van der Waals surface area contributed by atoms with Crippen LogP contribution in [0.3, 0.4) is 0 Å². The molecule has 0 radical (unpaired) electrons. The third kappa shape index (κ3) is 3.33. The highest BCUT2D eigenvalue weighted by molar-refractivity contribution is 5.83. The fourth-order valence-corrected chi connectivity index (χ4v) is 3.29. The molecule has 4 rings (SSSR count). The molecule has 1 N–H and O–H groups in total. The Hall–Kier alpha value is -3.08. The molecule has 0 bridgehead atoms. The molecule has 0 spiro atoms. The number of nitrogens with zero attached hydrogens (tertiary/aromatic N) is 2. The molecular formula is C21H21N3O2. The Balaban J connectivity index is 1.35. The van der Waals surface area contributed by atoms with Crippen molar-refractivity contribution in [2.45, 2.75) is 18.9 Å². The maximum atomic E-state index is 12.5. The van der Waals surface area contributed by atoms with Gasteiger partial charge < -0.3 is 10.1 Å². The van der Waals surface area contributed by atoms with E-state index in [0.29, 0.717) is 6.54 Å². The standard InChI is InChI=1S/C21H21N3O2/c1-26-20-10-6-5-9-17(20)18-11-19(18)21(25)22-12-15-13-23-24(14-15)16-7-3-2-4-8-16/h2-10,13-14,18-19H,11-12H2,1H3,(H,22,25)/t18-,19-/m1/s1. The number of nitrogens with one attached hydrogen (secondary N) is 1. The van der Waals surface area contributed by atoms with Gasteiger partial charge in [0.2, 0.25) is 5.91 Å². The minimum Gasteiger partial charge on any atom is -0.496 e. The zero-order valence-electron chi connectivity index (χ0n) is 14.6. The molecule has 2 atom stereocenters. The van der Waals surface area contributed by atoms with Gasteiger partial charge in [0.1, 0.15) is 5.75 Å². The van der Waals surface area contributed by atoms with Crippen LogP contribution in [0, 0.1) is 5.92 Å². The van der Waals surface area contributed by atoms with Crippen LogP contribution >= 0.6 is 0 Å². The monoisotopic (exact) mass is 347 g/mol. The van der Waals surface area contributed by atoms with Gasteiger partial charge in [0.05, 0.1) is 19.0 Å². The number of rotatable bonds is 6. The van der Waals surface area contributed by atoms with E-state index in [2.05, 4.69) is 10.4 Å². The molecule has 1 aromatic heterocycles. The van der Waals surface area contributed by atoms with Crippen molar-refractivity contribution in [3.8, 4) is 11.4 Å². The minimum atomic E-state index is 0.0236. The van der Waals surface area contributed by atoms with E-state index in [0.717, 1.165) is 29.0 Å². The maximum absolute atomic E-state index is 12.5. The molecule has 1 heterocycles. The zero-order chi connectivity index (χ0) is 17.9. The summed E-state index contributed by atoms with van der Waals surface area (Å²) in [6, 6.07) is 17.8. The molecule has 0 saturated heterocycles. The van der Waals surface area contributed by atoms with Gasteiger partial charge >= 0.3 is 0 Å². The van der Waals surface area contributed by atoms with Gasteiger partial charge in [-0.3, -0.25) is 4.79 Å². The lowest BCUT2D eigenvalue weighted by molar-refractivity contribution is -0.122. The van der Waals surface area contributed by atoms with Crippen molar-refractivity contribution in [2.24, 2.45) is 5.92 Å². The summed E-state index contributed by atoms with van der Waals surface area (Å²) < 4.78 is 7.22. The third-order valence-electron chi connectivity index (χ3n) is 4.79. The lowest BCUT2D eigenvalue weighted by Gasteiger charge is -2.08. The number of methoxy groups -OCH3 is 1. The Morgan fingerprint density at radius 1 is 1.19 bits per heavy atom. The highest BCUT2D eigenvalue weighted by Gasteiger charge is 2.45. The first-order valence-corrected chi connectivity index (χ1v) is 8.76. The molecule has 5 heteroatoms. The largest absolute Gasteiger partial charge is 0.496 e. The van der Waals surface area contributed by atoms with Crippen LogP contribution < -0.4 is 10.1 Å². The number of carbonyl (C=O) groups is 1. The van der Waals surface area contributed by atoms with Crippen LogP contribution in [-0.2, 0) is 11.3 Å². The zero-order valence-corrected chi connectivity index (χ0v) is 14.6. The van der Waals surface area contributed by atoms with E-state index >= 15 is 0 Å². The predicted molar refractivity (Wildman–Crippen MR) is 99.3 cm³/mol. The molecule has 1 saturated carbocycles. The smallest absolute Gasteiger partial charge is 0.224 e. The summed E-state index contributed by atoms with van der Waals surface area (Å²) in [5.41, 5.74) is 3.10. The quantitative estimate of drug-likeness (QED) is 0.744. The van der Waals surface area contributed by atoms with Crippen molar-refractivity contribution in [1.82, 2.24) is 15.1 Å². The molecule has 0 unspecified atom stereocenters. The van der Waals surface area contributed by atoms with Gasteiger partial charge in [-0.25, -0.2) is 4.68 Å². The Morgan fingerprint density at radius 3 is 2.77 bits per heavy atom. The minimum absolute atomic E-state index is 0.0236. The van der Waals surface area contributed by atoms with Crippen molar-refractivity contribution in [1.29, 1.82) is 0 Å². The second-order valence-electron chi connectivity index (χ2n) is 6.54. The topological polar surface area (TPSA) is 56.1 Å². The van der Waals surface area contributed by atoms with Crippen molar-refractivity contribution in [3.63, 3.8) is 0 Å². The fraction of sp³-hybridized carbons (Fsp3) is 0.238. The van der Waals surface area contributed by atoms with E-state index in [4.69, 9.17) is 4.74 Å². The number of benzene rings is 2. The second kappa shape index (κ2) is 7.04. The number of hydrogen-bond donors (Lipinski definition) is 1. The number of carbonyl (C=O) groups excluding carboxylic acids is 1. The predicted octanol–water partition coefficient (Wildman–Crippen LogP) is 3.30. The van der Waals surface area contributed by atoms with Crippen molar-refractivity contribution >= 4 is 5.91 Å². The molecule has 1 aliphatic rings. The molecule has 132 valence electrons. The van der Waals surface area contributed by atoms with E-state index in [1.807, 2.05) is 65.5 Å². The van der Waals surface area contributed by atoms with Crippen LogP contribution in [-0.4, -0.2) is 22.8 Å². The first-order valence-electron chi connectivity index (χ1n) is 8.76. The summed E-state index contributed by atoms with van der Waals surface area (Å²) in [6.07, 6.45) is 4.60. The van der Waals surface area contributed by atoms with Gasteiger partial charge in [-0.05, 0) is 36.1 Å². The molecule has 0 aliphatic heterocycles. The van der Waals surface area contributed by atoms with Gasteiger partial charge in [0, 0.05) is 24.2 Å². The molecule has 2 aromatic carbocycles. The van der Waals surface area contributed by atoms with Crippen LogP contribution in [0.25, 0.3) is 5.69 Å². The number of ether oxygens (including phenoxy) is 1. The summed E-state index contributed by atoms with van der Waals surface area (Å²) in [7, 11) is 1.67. The molecule has 5 nitrogen and oxygen atoms in total. The Kier molecular flexibility index (Phi) is 4.44. The van der Waals surface area contributed by atoms with Crippen molar-refractivity contribution in [3.05, 3.63) is 78.1 Å². The maximum Gasteiger partial charge on any atom is 0.224 e. The van der Waals surface area contributed by atoms with E-state index in [-0.39, 0.29) is 17.7 Å². The molecule has 1 aliphatic carbocycles. The first kappa shape index (κ1) is 16.4. The SMILES string of the molecule is COc1ccccc1[C@H]1C[C@H]1C(=O)NCc1cnn(-c2ccccc2)c1. The second-order valence-corrected chi connectivity index (χ2v) is 6.54. The molecule has 3 aromatic rings. The van der Waals surface area contributed by atoms with Crippen molar-refractivity contribution < 1.29 is 9.53 Å². The molecular weight excluding hydrogens is 326 g/mol. The summed E-state index contributed by atoms with van der Waals surface area (Å²) in [5, 5.41) is 7.39. The van der Waals surface area contributed by atoms with Gasteiger partial charge in [0.25, 0.3) is 0 Å². The Bertz CT molecular complexity index is 904. The highest BCUT2D eigenvalue weighted by Crippen LogP contribution is 2.50. The summed E-state index contributed by atoms with van der Waals surface area (Å²) in [5.74, 6) is 1.22. The van der Waals surface area contributed by atoms with Gasteiger partial charge in [0.15, 0.2) is 0 Å². The number of amides is 1. The number of hydrogen-bond acceptors (Lipinski definition) is 3. The third-order valence-corrected chi connectivity index (χ3v) is 4.79. The summed E-state index contributed by atoms with van der Waals surface area (Å²) >= 11 is 0. The van der Waals surface area contributed by atoms with E-state index in [1.165, 1.54) is 0 Å². The lowest BCUT2D eigenvalue weighted by atomic mass is 10.1. The van der Waals surface area contributed by atoms with Crippen molar-refractivity contribution in [2.75, 3.05) is 7.11 Å². The van der Waals surface area contributed by atoms with Crippen LogP contribution in [0.4, 0.5) is 0 Å². The number of aromatic nitrogens is 2. The summed E-state index contributed by atoms with van der Waals surface area (Å²) in [6.45, 7) is 0.487. The van der Waals surface area contributed by atoms with Crippen LogP contribution in [0.15, 0.2) is 67.0 Å². The van der Waals surface area contributed by atoms with E-state index in [1.54, 1.807) is 13.3 Å². The Morgan fingerprint density at radius 2 is 1.96 bits per heavy atom. The average Bonchev–Trinajstić information content (AvgIpc) is 3.36. The Labute approximate surface area is 152 Å². The van der Waals surface area contributed by atoms with E-state index < -0.39 is 0 Å². The molecule has 1 fully saturated rings. The fourth-order valence-electron chi connectivity index (χ4n) is 3.29. The van der Waals surface area contributed by atoms with Crippen LogP contribution in [0.1, 0.15) is 23.5 Å². The molecule has 26 heavy (non-hydrogen) atoms. The lowest BCUT2D eigenvalue weighted by Crippen LogP contribution is -2.24. The summed E-state index contributed by atoms with van der Waals surface area (Å²) in [4.78, 5) is 12.5. The highest BCUT2D eigenvalue weighted by atomic mass is 16.5. The van der Waals surface area contributed by atoms with Gasteiger partial charge in [-0.1, -0.05) is 36.4 Å². The number of para-hydroxylation sites is 2. The molecule has 1 amide bonds. The average molecular weight is 347 g/mol. The van der Waals surface area contributed by atoms with Gasteiger partial charge in [-0.15, -0.1) is 0 Å². The van der Waals surface area contributed by atoms with Gasteiger partial charge in [-0.2, -0.15) is 5.10 Å².